The predicted octanol–water partition coefficient (Wildman–Crippen LogP) is 5.55. The van der Waals surface area contributed by atoms with E-state index in [9.17, 15) is 0 Å². The molecule has 0 aliphatic carbocycles. The van der Waals surface area contributed by atoms with Gasteiger partial charge < -0.3 is 10.2 Å². The van der Waals surface area contributed by atoms with E-state index >= 15 is 0 Å². The van der Waals surface area contributed by atoms with E-state index in [-0.39, 0.29) is 6.10 Å². The van der Waals surface area contributed by atoms with Crippen molar-refractivity contribution in [3.05, 3.63) is 0 Å². The summed E-state index contributed by atoms with van der Waals surface area (Å²) in [6.07, 6.45) is 17.6. The van der Waals surface area contributed by atoms with Crippen molar-refractivity contribution in [2.75, 3.05) is 0 Å². The molecule has 21 heavy (non-hydrogen) atoms. The fourth-order valence-electron chi connectivity index (χ4n) is 2.28. The Labute approximate surface area is 132 Å². The molecular weight excluding hydrogens is 264 g/mol. The van der Waals surface area contributed by atoms with Gasteiger partial charge in [-0.25, -0.2) is 0 Å². The number of aliphatic hydroxyl groups is 1. The highest BCUT2D eigenvalue weighted by Gasteiger charge is 1.96. The lowest BCUT2D eigenvalue weighted by Gasteiger charge is -2.04. The van der Waals surface area contributed by atoms with E-state index in [4.69, 9.17) is 15.0 Å². The van der Waals surface area contributed by atoms with Gasteiger partial charge in [-0.15, -0.1) is 0 Å². The van der Waals surface area contributed by atoms with Crippen LogP contribution in [-0.2, 0) is 4.79 Å². The van der Waals surface area contributed by atoms with Gasteiger partial charge in [0.1, 0.15) is 0 Å². The first-order valence-corrected chi connectivity index (χ1v) is 8.88. The summed E-state index contributed by atoms with van der Waals surface area (Å²) in [4.78, 5) is 9.00. The van der Waals surface area contributed by atoms with E-state index in [1.54, 1.807) is 0 Å². The van der Waals surface area contributed by atoms with Gasteiger partial charge in [-0.05, 0) is 13.3 Å². The maximum absolute atomic E-state index is 9.11. The molecule has 0 heterocycles. The number of carboxylic acid groups (broad SMARTS) is 1. The Kier molecular flexibility index (Phi) is 21.0. The molecule has 3 heteroatoms. The Morgan fingerprint density at radius 1 is 0.810 bits per heavy atom. The third kappa shape index (κ3) is 32.7. The lowest BCUT2D eigenvalue weighted by Crippen LogP contribution is -1.98. The molecule has 0 saturated heterocycles. The van der Waals surface area contributed by atoms with Crippen molar-refractivity contribution in [2.24, 2.45) is 0 Å². The molecule has 3 nitrogen and oxygen atoms in total. The molecule has 0 aromatic carbocycles. The molecule has 0 aromatic rings. The Hall–Kier alpha value is -0.570. The van der Waals surface area contributed by atoms with Crippen LogP contribution in [0.4, 0.5) is 0 Å². The van der Waals surface area contributed by atoms with Crippen LogP contribution >= 0.6 is 0 Å². The average molecular weight is 302 g/mol. The third-order valence-corrected chi connectivity index (χ3v) is 3.48. The summed E-state index contributed by atoms with van der Waals surface area (Å²) in [6.45, 7) is 5.25. The normalized spacial score (nSPS) is 11.6. The van der Waals surface area contributed by atoms with Gasteiger partial charge in [-0.1, -0.05) is 84.0 Å². The largest absolute Gasteiger partial charge is 0.481 e. The van der Waals surface area contributed by atoms with Gasteiger partial charge in [0.15, 0.2) is 0 Å². The summed E-state index contributed by atoms with van der Waals surface area (Å²) in [5.74, 6) is -0.833. The van der Waals surface area contributed by atoms with Gasteiger partial charge in [-0.3, -0.25) is 4.79 Å². The molecule has 1 unspecified atom stereocenters. The Bertz CT molecular complexity index is 199. The van der Waals surface area contributed by atoms with E-state index in [0.717, 1.165) is 13.3 Å². The highest BCUT2D eigenvalue weighted by Crippen LogP contribution is 2.12. The number of rotatable bonds is 13. The maximum atomic E-state index is 9.11. The quantitative estimate of drug-likeness (QED) is 0.438. The monoisotopic (exact) mass is 302 g/mol. The minimum absolute atomic E-state index is 0.0990. The first-order chi connectivity index (χ1) is 10.0. The summed E-state index contributed by atoms with van der Waals surface area (Å²) < 4.78 is 0. The number of hydrogen-bond acceptors (Lipinski definition) is 2. The summed E-state index contributed by atoms with van der Waals surface area (Å²) >= 11 is 0. The molecule has 0 amide bonds. The smallest absolute Gasteiger partial charge is 0.300 e. The molecule has 0 aliphatic heterocycles. The van der Waals surface area contributed by atoms with Crippen LogP contribution in [0.2, 0.25) is 0 Å². The molecule has 0 aromatic heterocycles. The lowest BCUT2D eigenvalue weighted by atomic mass is 10.0. The number of carboxylic acids is 1. The molecular formula is C18H38O3. The van der Waals surface area contributed by atoms with Crippen LogP contribution in [0.1, 0.15) is 104 Å². The topological polar surface area (TPSA) is 57.5 Å². The number of unbranched alkanes of at least 4 members (excludes halogenated alkanes) is 11. The van der Waals surface area contributed by atoms with E-state index in [1.807, 2.05) is 6.92 Å². The Morgan fingerprint density at radius 3 is 1.38 bits per heavy atom. The first kappa shape index (κ1) is 22.7. The van der Waals surface area contributed by atoms with Crippen molar-refractivity contribution in [1.82, 2.24) is 0 Å². The number of carbonyl (C=O) groups is 1. The van der Waals surface area contributed by atoms with Crippen LogP contribution < -0.4 is 0 Å². The second-order valence-corrected chi connectivity index (χ2v) is 6.05. The minimum atomic E-state index is -0.833. The van der Waals surface area contributed by atoms with Crippen LogP contribution in [0.25, 0.3) is 0 Å². The second kappa shape index (κ2) is 19.4. The first-order valence-electron chi connectivity index (χ1n) is 8.88. The van der Waals surface area contributed by atoms with Crippen LogP contribution in [-0.4, -0.2) is 22.3 Å². The van der Waals surface area contributed by atoms with Gasteiger partial charge in [0.05, 0.1) is 6.10 Å². The zero-order chi connectivity index (χ0) is 16.3. The van der Waals surface area contributed by atoms with Crippen molar-refractivity contribution in [1.29, 1.82) is 0 Å². The molecule has 0 bridgehead atoms. The summed E-state index contributed by atoms with van der Waals surface area (Å²) in [6, 6.07) is 0. The summed E-state index contributed by atoms with van der Waals surface area (Å²) in [5.41, 5.74) is 0. The predicted molar refractivity (Wildman–Crippen MR) is 90.7 cm³/mol. The van der Waals surface area contributed by atoms with Crippen LogP contribution in [0.15, 0.2) is 0 Å². The highest BCUT2D eigenvalue weighted by molar-refractivity contribution is 5.62. The average Bonchev–Trinajstić information content (AvgIpc) is 2.39. The highest BCUT2D eigenvalue weighted by atomic mass is 16.4. The summed E-state index contributed by atoms with van der Waals surface area (Å²) in [7, 11) is 0. The molecule has 1 atom stereocenters. The zero-order valence-electron chi connectivity index (χ0n) is 14.6. The van der Waals surface area contributed by atoms with E-state index in [2.05, 4.69) is 6.92 Å². The van der Waals surface area contributed by atoms with Crippen molar-refractivity contribution in [3.63, 3.8) is 0 Å². The van der Waals surface area contributed by atoms with Gasteiger partial charge >= 0.3 is 0 Å². The standard InChI is InChI=1S/C16H34O.C2H4O2/c1-3-4-5-6-7-8-9-10-11-12-13-14-15-16(2)17;1-2(3)4/h16-17H,3-15H2,1-2H3;1H3,(H,3,4). The fourth-order valence-corrected chi connectivity index (χ4v) is 2.28. The van der Waals surface area contributed by atoms with Crippen LogP contribution in [0.3, 0.4) is 0 Å². The van der Waals surface area contributed by atoms with E-state index in [0.29, 0.717) is 0 Å². The molecule has 0 spiro atoms. The third-order valence-electron chi connectivity index (χ3n) is 3.48. The van der Waals surface area contributed by atoms with Gasteiger partial charge in [0.2, 0.25) is 0 Å². The molecule has 0 aliphatic rings. The molecule has 2 N–H and O–H groups in total. The Morgan fingerprint density at radius 2 is 1.10 bits per heavy atom. The van der Waals surface area contributed by atoms with Crippen LogP contribution in [0.5, 0.6) is 0 Å². The molecule has 0 radical (unpaired) electrons. The maximum Gasteiger partial charge on any atom is 0.300 e. The Balaban J connectivity index is 0. The lowest BCUT2D eigenvalue weighted by molar-refractivity contribution is -0.134. The van der Waals surface area contributed by atoms with Crippen molar-refractivity contribution in [2.45, 2.75) is 110 Å². The van der Waals surface area contributed by atoms with Crippen LogP contribution in [0, 0.1) is 0 Å². The molecule has 0 saturated carbocycles. The van der Waals surface area contributed by atoms with Crippen molar-refractivity contribution < 1.29 is 15.0 Å². The fraction of sp³-hybridized carbons (Fsp3) is 0.944. The SMILES string of the molecule is CC(=O)O.CCCCCCCCCCCCCCC(C)O. The number of aliphatic hydroxyl groups excluding tert-OH is 1. The number of hydrogen-bond donors (Lipinski definition) is 2. The summed E-state index contributed by atoms with van der Waals surface area (Å²) in [5, 5.41) is 16.5. The van der Waals surface area contributed by atoms with Gasteiger partial charge in [0, 0.05) is 6.92 Å². The molecule has 128 valence electrons. The second-order valence-electron chi connectivity index (χ2n) is 6.05. The van der Waals surface area contributed by atoms with Gasteiger partial charge in [0.25, 0.3) is 5.97 Å². The van der Waals surface area contributed by atoms with Crippen molar-refractivity contribution in [3.8, 4) is 0 Å². The zero-order valence-corrected chi connectivity index (χ0v) is 14.6. The number of aliphatic carboxylic acids is 1. The van der Waals surface area contributed by atoms with Crippen molar-refractivity contribution >= 4 is 5.97 Å². The molecule has 0 rings (SSSR count). The van der Waals surface area contributed by atoms with E-state index < -0.39 is 5.97 Å². The molecule has 0 fully saturated rings. The minimum Gasteiger partial charge on any atom is -0.481 e. The van der Waals surface area contributed by atoms with Gasteiger partial charge in [-0.2, -0.15) is 0 Å². The van der Waals surface area contributed by atoms with E-state index in [1.165, 1.54) is 77.0 Å².